The predicted octanol–water partition coefficient (Wildman–Crippen LogP) is 0.382. The quantitative estimate of drug-likeness (QED) is 0.667. The monoisotopic (exact) mass is 172 g/mol. The minimum atomic E-state index is 0.873. The highest BCUT2D eigenvalue weighted by atomic mass is 32.2. The molecule has 64 valence electrons. The Kier molecular flexibility index (Phi) is 2.39. The molecule has 2 nitrogen and oxygen atoms in total. The molecule has 2 N–H and O–H groups in total. The van der Waals surface area contributed by atoms with Gasteiger partial charge in [-0.15, -0.1) is 0 Å². The molecule has 11 heavy (non-hydrogen) atoms. The van der Waals surface area contributed by atoms with E-state index in [1.807, 2.05) is 0 Å². The van der Waals surface area contributed by atoms with Crippen LogP contribution in [0.4, 0.5) is 0 Å². The van der Waals surface area contributed by atoms with E-state index in [1.165, 1.54) is 31.0 Å². The second kappa shape index (κ2) is 3.33. The molecule has 0 amide bonds. The molecule has 0 aliphatic carbocycles. The molecule has 2 rings (SSSR count). The zero-order chi connectivity index (χ0) is 7.68. The third kappa shape index (κ3) is 1.55. The summed E-state index contributed by atoms with van der Waals surface area (Å²) >= 11 is 2.07. The Hall–Kier alpha value is 0.270. The van der Waals surface area contributed by atoms with Gasteiger partial charge in [-0.25, -0.2) is 0 Å². The van der Waals surface area contributed by atoms with Crippen LogP contribution in [0.1, 0.15) is 6.42 Å². The van der Waals surface area contributed by atoms with Crippen LogP contribution in [-0.2, 0) is 0 Å². The average Bonchev–Trinajstić information content (AvgIpc) is 1.79. The number of hydrogen-bond acceptors (Lipinski definition) is 3. The average molecular weight is 172 g/mol. The lowest BCUT2D eigenvalue weighted by Gasteiger charge is -2.47. The number of likely N-dealkylation sites (tertiary alicyclic amines) is 1. The standard InChI is InChI=1S/C8H16N2S/c9-2-1-7-3-10(4-7)8-5-11-6-8/h7-8H,1-6,9H2. The van der Waals surface area contributed by atoms with Crippen LogP contribution < -0.4 is 5.73 Å². The van der Waals surface area contributed by atoms with Crippen molar-refractivity contribution in [1.82, 2.24) is 4.90 Å². The fourth-order valence-corrected chi connectivity index (χ4v) is 2.63. The minimum absolute atomic E-state index is 0.873. The van der Waals surface area contributed by atoms with E-state index < -0.39 is 0 Å². The molecule has 0 saturated carbocycles. The first-order valence-electron chi connectivity index (χ1n) is 4.42. The molecule has 0 spiro atoms. The van der Waals surface area contributed by atoms with Gasteiger partial charge in [0.2, 0.25) is 0 Å². The van der Waals surface area contributed by atoms with Crippen LogP contribution in [0.2, 0.25) is 0 Å². The van der Waals surface area contributed by atoms with E-state index in [1.54, 1.807) is 0 Å². The third-order valence-corrected chi connectivity index (χ3v) is 3.94. The first-order chi connectivity index (χ1) is 5.40. The second-order valence-electron chi connectivity index (χ2n) is 3.59. The van der Waals surface area contributed by atoms with Crippen LogP contribution in [0.15, 0.2) is 0 Å². The molecule has 0 aromatic rings. The third-order valence-electron chi connectivity index (χ3n) is 2.70. The number of nitrogens with two attached hydrogens (primary N) is 1. The number of hydrogen-bond donors (Lipinski definition) is 1. The van der Waals surface area contributed by atoms with Gasteiger partial charge in [0.15, 0.2) is 0 Å². The molecule has 0 unspecified atom stereocenters. The Morgan fingerprint density at radius 2 is 2.09 bits per heavy atom. The van der Waals surface area contributed by atoms with Crippen molar-refractivity contribution >= 4 is 11.8 Å². The van der Waals surface area contributed by atoms with E-state index in [0.29, 0.717) is 0 Å². The first-order valence-corrected chi connectivity index (χ1v) is 5.57. The lowest BCUT2D eigenvalue weighted by molar-refractivity contribution is 0.0637. The second-order valence-corrected chi connectivity index (χ2v) is 4.66. The van der Waals surface area contributed by atoms with Crippen LogP contribution in [0, 0.1) is 5.92 Å². The maximum absolute atomic E-state index is 5.48. The van der Waals surface area contributed by atoms with Crippen LogP contribution >= 0.6 is 11.8 Å². The molecule has 0 aromatic carbocycles. The van der Waals surface area contributed by atoms with Crippen LogP contribution in [-0.4, -0.2) is 42.1 Å². The molecule has 2 saturated heterocycles. The fraction of sp³-hybridized carbons (Fsp3) is 1.00. The molecule has 0 radical (unpaired) electrons. The normalized spacial score (nSPS) is 28.1. The maximum atomic E-state index is 5.48. The van der Waals surface area contributed by atoms with Crippen LogP contribution in [0.25, 0.3) is 0 Å². The smallest absolute Gasteiger partial charge is 0.0277 e. The molecule has 3 heteroatoms. The van der Waals surface area contributed by atoms with Crippen molar-refractivity contribution in [2.75, 3.05) is 31.1 Å². The van der Waals surface area contributed by atoms with Gasteiger partial charge in [0.05, 0.1) is 0 Å². The summed E-state index contributed by atoms with van der Waals surface area (Å²) in [6.07, 6.45) is 1.23. The summed E-state index contributed by atoms with van der Waals surface area (Å²) in [7, 11) is 0. The number of nitrogens with zero attached hydrogens (tertiary/aromatic N) is 1. The molecule has 0 aromatic heterocycles. The van der Waals surface area contributed by atoms with Crippen molar-refractivity contribution in [2.24, 2.45) is 11.7 Å². The minimum Gasteiger partial charge on any atom is -0.330 e. The summed E-state index contributed by atoms with van der Waals surface area (Å²) in [5.41, 5.74) is 5.48. The largest absolute Gasteiger partial charge is 0.330 e. The molecule has 2 aliphatic heterocycles. The molecule has 2 fully saturated rings. The van der Waals surface area contributed by atoms with Gasteiger partial charge in [-0.05, 0) is 18.9 Å². The Morgan fingerprint density at radius 1 is 1.36 bits per heavy atom. The SMILES string of the molecule is NCCC1CN(C2CSC2)C1. The van der Waals surface area contributed by atoms with Gasteiger partial charge in [-0.1, -0.05) is 0 Å². The van der Waals surface area contributed by atoms with E-state index in [2.05, 4.69) is 16.7 Å². The Bertz CT molecular complexity index is 130. The summed E-state index contributed by atoms with van der Waals surface area (Å²) in [5, 5.41) is 0. The Balaban J connectivity index is 1.63. The number of rotatable bonds is 3. The molecule has 0 bridgehead atoms. The van der Waals surface area contributed by atoms with E-state index in [0.717, 1.165) is 18.5 Å². The molecule has 2 heterocycles. The van der Waals surface area contributed by atoms with E-state index in [-0.39, 0.29) is 0 Å². The molecule has 0 atom stereocenters. The van der Waals surface area contributed by atoms with Crippen molar-refractivity contribution < 1.29 is 0 Å². The first kappa shape index (κ1) is 7.90. The Morgan fingerprint density at radius 3 is 2.55 bits per heavy atom. The zero-order valence-electron chi connectivity index (χ0n) is 6.83. The fourth-order valence-electron chi connectivity index (χ4n) is 1.76. The summed E-state index contributed by atoms with van der Waals surface area (Å²) in [5.74, 6) is 3.66. The highest BCUT2D eigenvalue weighted by Crippen LogP contribution is 2.29. The van der Waals surface area contributed by atoms with E-state index in [4.69, 9.17) is 5.73 Å². The lowest BCUT2D eigenvalue weighted by Crippen LogP contribution is -2.56. The molecular weight excluding hydrogens is 156 g/mol. The zero-order valence-corrected chi connectivity index (χ0v) is 7.65. The van der Waals surface area contributed by atoms with Gasteiger partial charge in [-0.2, -0.15) is 11.8 Å². The van der Waals surface area contributed by atoms with Crippen molar-refractivity contribution in [3.05, 3.63) is 0 Å². The van der Waals surface area contributed by atoms with E-state index >= 15 is 0 Å². The summed E-state index contributed by atoms with van der Waals surface area (Å²) in [6.45, 7) is 3.52. The van der Waals surface area contributed by atoms with Crippen LogP contribution in [0.3, 0.4) is 0 Å². The van der Waals surface area contributed by atoms with Crippen molar-refractivity contribution in [1.29, 1.82) is 0 Å². The molecular formula is C8H16N2S. The van der Waals surface area contributed by atoms with Crippen molar-refractivity contribution in [2.45, 2.75) is 12.5 Å². The van der Waals surface area contributed by atoms with Gasteiger partial charge in [0.1, 0.15) is 0 Å². The van der Waals surface area contributed by atoms with Gasteiger partial charge in [0.25, 0.3) is 0 Å². The van der Waals surface area contributed by atoms with Gasteiger partial charge in [0, 0.05) is 30.6 Å². The van der Waals surface area contributed by atoms with Gasteiger partial charge >= 0.3 is 0 Å². The Labute approximate surface area is 72.5 Å². The van der Waals surface area contributed by atoms with Crippen molar-refractivity contribution in [3.63, 3.8) is 0 Å². The number of thioether (sulfide) groups is 1. The maximum Gasteiger partial charge on any atom is 0.0277 e. The van der Waals surface area contributed by atoms with E-state index in [9.17, 15) is 0 Å². The summed E-state index contributed by atoms with van der Waals surface area (Å²) < 4.78 is 0. The lowest BCUT2D eigenvalue weighted by atomic mass is 9.95. The van der Waals surface area contributed by atoms with Crippen molar-refractivity contribution in [3.8, 4) is 0 Å². The predicted molar refractivity (Wildman–Crippen MR) is 49.8 cm³/mol. The summed E-state index contributed by atoms with van der Waals surface area (Å²) in [4.78, 5) is 2.61. The van der Waals surface area contributed by atoms with Crippen LogP contribution in [0.5, 0.6) is 0 Å². The molecule has 2 aliphatic rings. The highest BCUT2D eigenvalue weighted by molar-refractivity contribution is 8.00. The van der Waals surface area contributed by atoms with Gasteiger partial charge < -0.3 is 5.73 Å². The highest BCUT2D eigenvalue weighted by Gasteiger charge is 2.34. The summed E-state index contributed by atoms with van der Waals surface area (Å²) in [6, 6.07) is 0.925. The topological polar surface area (TPSA) is 29.3 Å². The van der Waals surface area contributed by atoms with Gasteiger partial charge in [-0.3, -0.25) is 4.90 Å².